The van der Waals surface area contributed by atoms with Gasteiger partial charge in [-0.25, -0.2) is 4.79 Å². The van der Waals surface area contributed by atoms with Gasteiger partial charge in [-0.05, 0) is 54.6 Å². The van der Waals surface area contributed by atoms with Gasteiger partial charge in [0.1, 0.15) is 0 Å². The smallest absolute Gasteiger partial charge is 0.426 e. The van der Waals surface area contributed by atoms with Gasteiger partial charge in [-0.2, -0.15) is 0 Å². The predicted octanol–water partition coefficient (Wildman–Crippen LogP) is 6.13. The van der Waals surface area contributed by atoms with Gasteiger partial charge in [0, 0.05) is 18.3 Å². The minimum atomic E-state index is -2.20. The van der Waals surface area contributed by atoms with Crippen molar-refractivity contribution in [1.82, 2.24) is 0 Å². The first-order valence-electron chi connectivity index (χ1n) is 12.8. The molecular formula is C27H42O5Si. The summed E-state index contributed by atoms with van der Waals surface area (Å²) in [7, 11) is -2.20. The lowest BCUT2D eigenvalue weighted by molar-refractivity contribution is -0.148. The molecule has 4 fully saturated rings. The number of Topliss-reactive ketones (excluding diaryl/α,β-unsaturated/α-hetero) is 1. The van der Waals surface area contributed by atoms with E-state index in [9.17, 15) is 9.59 Å². The van der Waals surface area contributed by atoms with Crippen LogP contribution in [0.25, 0.3) is 0 Å². The Balaban J connectivity index is 1.73. The lowest BCUT2D eigenvalue weighted by Crippen LogP contribution is -2.59. The van der Waals surface area contributed by atoms with E-state index in [0.717, 1.165) is 12.0 Å². The molecule has 0 amide bonds. The molecule has 5 nitrogen and oxygen atoms in total. The molecule has 0 radical (unpaired) electrons. The summed E-state index contributed by atoms with van der Waals surface area (Å²) < 4.78 is 19.3. The van der Waals surface area contributed by atoms with E-state index in [1.54, 1.807) is 0 Å². The third-order valence-corrected chi connectivity index (χ3v) is 15.3. The van der Waals surface area contributed by atoms with Crippen molar-refractivity contribution >= 4 is 20.3 Å². The molecule has 0 aromatic rings. The van der Waals surface area contributed by atoms with Crippen LogP contribution in [-0.2, 0) is 18.7 Å². The lowest BCUT2D eigenvalue weighted by atomic mass is 9.59. The molecule has 2 spiro atoms. The molecule has 0 N–H and O–H groups in total. The van der Waals surface area contributed by atoms with Gasteiger partial charge in [0.25, 0.3) is 0 Å². The highest BCUT2D eigenvalue weighted by molar-refractivity contribution is 6.74. The SMILES string of the molecule is CC1=C[C@@]23C(=O)C(C4[C@@H](C[C@H]2C)C4(C)C)[C@H](O[Si](C)(C)C(C)(C)C)[C@H](C)C2OC(=O)O[C@]23C1. The lowest BCUT2D eigenvalue weighted by Gasteiger charge is -2.45. The average molecular weight is 475 g/mol. The summed E-state index contributed by atoms with van der Waals surface area (Å²) in [5, 5.41) is 0.0170. The van der Waals surface area contributed by atoms with Crippen molar-refractivity contribution in [1.29, 1.82) is 0 Å². The predicted molar refractivity (Wildman–Crippen MR) is 129 cm³/mol. The van der Waals surface area contributed by atoms with E-state index in [2.05, 4.69) is 74.6 Å². The molecule has 3 unspecified atom stereocenters. The van der Waals surface area contributed by atoms with Gasteiger partial charge < -0.3 is 13.9 Å². The van der Waals surface area contributed by atoms with Crippen LogP contribution >= 0.6 is 0 Å². The third kappa shape index (κ3) is 2.74. The summed E-state index contributed by atoms with van der Waals surface area (Å²) in [5.74, 6) is 0.775. The van der Waals surface area contributed by atoms with Crippen molar-refractivity contribution in [3.05, 3.63) is 11.6 Å². The Morgan fingerprint density at radius 3 is 2.39 bits per heavy atom. The van der Waals surface area contributed by atoms with Gasteiger partial charge in [0.2, 0.25) is 0 Å². The zero-order valence-electron chi connectivity index (χ0n) is 22.1. The van der Waals surface area contributed by atoms with Crippen molar-refractivity contribution in [3.8, 4) is 0 Å². The summed E-state index contributed by atoms with van der Waals surface area (Å²) in [6.45, 7) is 22.3. The topological polar surface area (TPSA) is 61.8 Å². The van der Waals surface area contributed by atoms with Crippen LogP contribution in [-0.4, -0.2) is 38.1 Å². The Labute approximate surface area is 200 Å². The maximum Gasteiger partial charge on any atom is 0.509 e. The average Bonchev–Trinajstić information content (AvgIpc) is 2.95. The second-order valence-corrected chi connectivity index (χ2v) is 18.8. The molecular weight excluding hydrogens is 432 g/mol. The minimum absolute atomic E-state index is 0.0170. The number of hydrogen-bond acceptors (Lipinski definition) is 5. The summed E-state index contributed by atoms with van der Waals surface area (Å²) in [5.41, 5.74) is -0.536. The first-order chi connectivity index (χ1) is 15.0. The number of carbonyl (C=O) groups is 2. The number of ether oxygens (including phenoxy) is 2. The van der Waals surface area contributed by atoms with E-state index in [0.29, 0.717) is 18.3 Å². The Hall–Kier alpha value is -1.14. The van der Waals surface area contributed by atoms with Crippen molar-refractivity contribution in [2.45, 2.75) is 104 Å². The van der Waals surface area contributed by atoms with Gasteiger partial charge in [0.15, 0.2) is 25.8 Å². The van der Waals surface area contributed by atoms with Crippen LogP contribution in [0.4, 0.5) is 4.79 Å². The molecule has 184 valence electrons. The Morgan fingerprint density at radius 1 is 1.15 bits per heavy atom. The molecule has 6 heteroatoms. The molecule has 1 saturated heterocycles. The van der Waals surface area contributed by atoms with Crippen LogP contribution < -0.4 is 0 Å². The van der Waals surface area contributed by atoms with Crippen LogP contribution in [0.5, 0.6) is 0 Å². The molecule has 5 aliphatic rings. The zero-order valence-corrected chi connectivity index (χ0v) is 23.1. The van der Waals surface area contributed by atoms with Gasteiger partial charge >= 0.3 is 6.16 Å². The van der Waals surface area contributed by atoms with Crippen molar-refractivity contribution < 1.29 is 23.5 Å². The summed E-state index contributed by atoms with van der Waals surface area (Å²) in [4.78, 5) is 27.6. The number of hydrogen-bond donors (Lipinski definition) is 0. The van der Waals surface area contributed by atoms with Crippen molar-refractivity contribution in [2.75, 3.05) is 0 Å². The zero-order chi connectivity index (χ0) is 24.5. The van der Waals surface area contributed by atoms with Crippen LogP contribution in [0.15, 0.2) is 11.6 Å². The molecule has 4 aliphatic carbocycles. The highest BCUT2D eigenvalue weighted by Crippen LogP contribution is 2.74. The van der Waals surface area contributed by atoms with Crippen LogP contribution in [0.3, 0.4) is 0 Å². The van der Waals surface area contributed by atoms with Crippen molar-refractivity contribution in [3.63, 3.8) is 0 Å². The van der Waals surface area contributed by atoms with Gasteiger partial charge in [0.05, 0.1) is 11.5 Å². The second-order valence-electron chi connectivity index (χ2n) is 14.0. The minimum Gasteiger partial charge on any atom is -0.426 e. The van der Waals surface area contributed by atoms with E-state index in [1.807, 2.05) is 0 Å². The fraction of sp³-hybridized carbons (Fsp3) is 0.852. The molecule has 1 aliphatic heterocycles. The molecule has 0 aromatic heterocycles. The fourth-order valence-corrected chi connectivity index (χ4v) is 9.52. The number of fused-ring (bicyclic) bond motifs is 3. The van der Waals surface area contributed by atoms with E-state index in [1.165, 1.54) is 0 Å². The van der Waals surface area contributed by atoms with Gasteiger partial charge in [-0.1, -0.05) is 60.1 Å². The maximum absolute atomic E-state index is 14.9. The maximum atomic E-state index is 14.9. The standard InChI is InChI=1S/C27H42O5Si/c1-14-12-26-15(2)11-17-19(25(17,7)8)18(21(26)28)20(32-33(9,10)24(4,5)6)16(3)22-27(26,13-14)31-23(29)30-22/h12,15-20,22H,11,13H2,1-10H3/t15-,16+,17-,18?,19?,20-,22?,26+,27-/m1/s1. The molecule has 33 heavy (non-hydrogen) atoms. The first-order valence-corrected chi connectivity index (χ1v) is 15.7. The normalized spacial score (nSPS) is 47.9. The Kier molecular flexibility index (Phi) is 4.67. The fourth-order valence-electron chi connectivity index (χ4n) is 8.13. The number of carbonyl (C=O) groups excluding carboxylic acids is 2. The largest absolute Gasteiger partial charge is 0.509 e. The highest BCUT2D eigenvalue weighted by atomic mass is 28.4. The van der Waals surface area contributed by atoms with Gasteiger partial charge in [-0.3, -0.25) is 4.79 Å². The summed E-state index contributed by atoms with van der Waals surface area (Å²) in [6.07, 6.45) is 2.32. The van der Waals surface area contributed by atoms with Crippen molar-refractivity contribution in [2.24, 2.45) is 40.4 Å². The second kappa shape index (κ2) is 6.54. The van der Waals surface area contributed by atoms with Crippen LogP contribution in [0.1, 0.15) is 68.2 Å². The molecule has 0 aromatic carbocycles. The third-order valence-electron chi connectivity index (χ3n) is 10.9. The van der Waals surface area contributed by atoms with Crippen LogP contribution in [0, 0.1) is 40.4 Å². The quantitative estimate of drug-likeness (QED) is 0.273. The monoisotopic (exact) mass is 474 g/mol. The summed E-state index contributed by atoms with van der Waals surface area (Å²) in [6, 6.07) is 0. The van der Waals surface area contributed by atoms with E-state index in [-0.39, 0.29) is 40.1 Å². The van der Waals surface area contributed by atoms with E-state index >= 15 is 0 Å². The Bertz CT molecular complexity index is 945. The number of ketones is 1. The highest BCUT2D eigenvalue weighted by Gasteiger charge is 2.80. The summed E-state index contributed by atoms with van der Waals surface area (Å²) >= 11 is 0. The molecule has 3 saturated carbocycles. The van der Waals surface area contributed by atoms with Gasteiger partial charge in [-0.15, -0.1) is 0 Å². The van der Waals surface area contributed by atoms with E-state index in [4.69, 9.17) is 13.9 Å². The number of rotatable bonds is 2. The molecule has 9 atom stereocenters. The molecule has 2 bridgehead atoms. The van der Waals surface area contributed by atoms with Crippen LogP contribution in [0.2, 0.25) is 18.1 Å². The molecule has 5 rings (SSSR count). The van der Waals surface area contributed by atoms with E-state index < -0.39 is 31.6 Å². The molecule has 1 heterocycles. The Morgan fingerprint density at radius 2 is 1.79 bits per heavy atom. The first kappa shape index (κ1) is 23.6.